The molecule has 2 rings (SSSR count). The number of rotatable bonds is 0. The van der Waals surface area contributed by atoms with Crippen molar-refractivity contribution < 1.29 is 13.2 Å². The van der Waals surface area contributed by atoms with E-state index in [2.05, 4.69) is 20.9 Å². The molecule has 0 N–H and O–H groups in total. The van der Waals surface area contributed by atoms with Gasteiger partial charge >= 0.3 is 6.18 Å². The molecular weight excluding hydrogens is 311 g/mol. The monoisotopic (exact) mass is 312 g/mol. The van der Waals surface area contributed by atoms with E-state index < -0.39 is 11.7 Å². The maximum Gasteiger partial charge on any atom is 0.416 e. The molecule has 15 heavy (non-hydrogen) atoms. The number of hydrogen-bond acceptors (Lipinski definition) is 3. The quantitative estimate of drug-likeness (QED) is 0.682. The first-order valence-corrected chi connectivity index (χ1v) is 5.74. The maximum absolute atomic E-state index is 12.4. The van der Waals surface area contributed by atoms with Crippen LogP contribution in [0.1, 0.15) is 5.56 Å². The number of nitrogens with zero attached hydrogens (tertiary/aromatic N) is 1. The SMILES string of the molecule is FC(F)(F)c1cc(Br)c2nc([S-])sc2c1. The summed E-state index contributed by atoms with van der Waals surface area (Å²) in [5.74, 6) is 0. The van der Waals surface area contributed by atoms with Crippen molar-refractivity contribution in [2.45, 2.75) is 10.5 Å². The molecule has 1 aromatic carbocycles. The van der Waals surface area contributed by atoms with E-state index in [4.69, 9.17) is 12.6 Å². The summed E-state index contributed by atoms with van der Waals surface area (Å²) in [4.78, 5) is 3.95. The third-order valence-electron chi connectivity index (χ3n) is 1.76. The summed E-state index contributed by atoms with van der Waals surface area (Å²) in [6.45, 7) is 0. The zero-order valence-corrected chi connectivity index (χ0v) is 10.1. The van der Waals surface area contributed by atoms with Gasteiger partial charge < -0.3 is 24.0 Å². The lowest BCUT2D eigenvalue weighted by Gasteiger charge is -2.07. The zero-order chi connectivity index (χ0) is 11.2. The Morgan fingerprint density at radius 3 is 2.60 bits per heavy atom. The van der Waals surface area contributed by atoms with Gasteiger partial charge in [-0.15, -0.1) is 0 Å². The molecule has 1 heterocycles. The molecule has 0 atom stereocenters. The summed E-state index contributed by atoms with van der Waals surface area (Å²) in [7, 11) is 0. The standard InChI is InChI=1S/C8H3BrF3NS2/c9-4-1-3(8(10,11)12)2-5-6(4)13-7(14)15-5/h1-2H,(H,13,14)/p-1. The molecule has 1 aromatic heterocycles. The molecule has 0 saturated carbocycles. The molecule has 0 radical (unpaired) electrons. The molecule has 0 bridgehead atoms. The van der Waals surface area contributed by atoms with E-state index in [1.165, 1.54) is 0 Å². The molecule has 7 heteroatoms. The van der Waals surface area contributed by atoms with Gasteiger partial charge in [-0.3, -0.25) is 4.98 Å². The van der Waals surface area contributed by atoms with Gasteiger partial charge in [-0.1, -0.05) is 0 Å². The Morgan fingerprint density at radius 1 is 1.33 bits per heavy atom. The first-order valence-electron chi connectivity index (χ1n) is 3.72. The zero-order valence-electron chi connectivity index (χ0n) is 6.93. The van der Waals surface area contributed by atoms with Crippen LogP contribution < -0.4 is 0 Å². The topological polar surface area (TPSA) is 12.9 Å². The lowest BCUT2D eigenvalue weighted by molar-refractivity contribution is -0.137. The van der Waals surface area contributed by atoms with Gasteiger partial charge in [0, 0.05) is 4.47 Å². The number of halogens is 4. The summed E-state index contributed by atoms with van der Waals surface area (Å²) in [5.41, 5.74) is -0.210. The summed E-state index contributed by atoms with van der Waals surface area (Å²) in [6.07, 6.45) is -4.34. The normalized spacial score (nSPS) is 12.3. The second-order valence-electron chi connectivity index (χ2n) is 2.78. The molecule has 0 fully saturated rings. The van der Waals surface area contributed by atoms with Gasteiger partial charge in [0.25, 0.3) is 0 Å². The summed E-state index contributed by atoms with van der Waals surface area (Å²) >= 11 is 8.94. The van der Waals surface area contributed by atoms with E-state index in [0.29, 0.717) is 19.0 Å². The smallest absolute Gasteiger partial charge is 0.408 e. The van der Waals surface area contributed by atoms with Crippen LogP contribution in [0.2, 0.25) is 0 Å². The van der Waals surface area contributed by atoms with E-state index in [9.17, 15) is 13.2 Å². The van der Waals surface area contributed by atoms with Crippen LogP contribution in [0.25, 0.3) is 10.2 Å². The largest absolute Gasteiger partial charge is 0.416 e. The molecule has 0 unspecified atom stereocenters. The van der Waals surface area contributed by atoms with E-state index in [1.54, 1.807) is 0 Å². The highest BCUT2D eigenvalue weighted by Crippen LogP contribution is 2.36. The minimum atomic E-state index is -4.34. The van der Waals surface area contributed by atoms with Gasteiger partial charge in [0.05, 0.1) is 11.1 Å². The predicted octanol–water partition coefficient (Wildman–Crippen LogP) is 3.98. The molecule has 0 amide bonds. The first kappa shape index (κ1) is 11.1. The van der Waals surface area contributed by atoms with Crippen LogP contribution >= 0.6 is 27.3 Å². The van der Waals surface area contributed by atoms with Crippen LogP contribution in [0.5, 0.6) is 0 Å². The van der Waals surface area contributed by atoms with Crippen LogP contribution in [-0.4, -0.2) is 4.98 Å². The average Bonchev–Trinajstić information content (AvgIpc) is 2.44. The fourth-order valence-corrected chi connectivity index (χ4v) is 2.94. The molecule has 0 aliphatic heterocycles. The van der Waals surface area contributed by atoms with Crippen LogP contribution in [-0.2, 0) is 18.8 Å². The van der Waals surface area contributed by atoms with Crippen molar-refractivity contribution in [2.75, 3.05) is 0 Å². The predicted molar refractivity (Wildman–Crippen MR) is 58.0 cm³/mol. The Balaban J connectivity index is 2.72. The highest BCUT2D eigenvalue weighted by Gasteiger charge is 2.31. The summed E-state index contributed by atoms with van der Waals surface area (Å²) < 4.78 is 38.4. The second kappa shape index (κ2) is 3.57. The number of hydrogen-bond donors (Lipinski definition) is 0. The Hall–Kier alpha value is -0.400. The van der Waals surface area contributed by atoms with Crippen molar-refractivity contribution in [3.8, 4) is 0 Å². The molecule has 0 aliphatic rings. The van der Waals surface area contributed by atoms with Crippen molar-refractivity contribution in [1.29, 1.82) is 0 Å². The maximum atomic E-state index is 12.4. The fourth-order valence-electron chi connectivity index (χ4n) is 1.13. The average molecular weight is 313 g/mol. The fraction of sp³-hybridized carbons (Fsp3) is 0.125. The van der Waals surface area contributed by atoms with E-state index in [1.807, 2.05) is 0 Å². The van der Waals surface area contributed by atoms with Crippen LogP contribution in [0, 0.1) is 0 Å². The summed E-state index contributed by atoms with van der Waals surface area (Å²) in [6, 6.07) is 2.07. The number of benzene rings is 1. The van der Waals surface area contributed by atoms with Gasteiger partial charge in [-0.05, 0) is 37.1 Å². The van der Waals surface area contributed by atoms with Crippen molar-refractivity contribution in [1.82, 2.24) is 4.98 Å². The lowest BCUT2D eigenvalue weighted by atomic mass is 10.2. The number of thiazole rings is 1. The third-order valence-corrected chi connectivity index (χ3v) is 3.50. The van der Waals surface area contributed by atoms with E-state index in [-0.39, 0.29) is 0 Å². The van der Waals surface area contributed by atoms with Crippen LogP contribution in [0.4, 0.5) is 13.2 Å². The minimum Gasteiger partial charge on any atom is -0.408 e. The number of fused-ring (bicyclic) bond motifs is 1. The molecule has 2 aromatic rings. The van der Waals surface area contributed by atoms with Crippen molar-refractivity contribution >= 4 is 50.1 Å². The molecule has 0 saturated heterocycles. The van der Waals surface area contributed by atoms with Gasteiger partial charge in [0.1, 0.15) is 0 Å². The number of aromatic nitrogens is 1. The molecule has 0 spiro atoms. The van der Waals surface area contributed by atoms with Crippen molar-refractivity contribution in [2.24, 2.45) is 0 Å². The number of alkyl halides is 3. The van der Waals surface area contributed by atoms with Gasteiger partial charge in [-0.25, -0.2) is 0 Å². The van der Waals surface area contributed by atoms with Crippen LogP contribution in [0.15, 0.2) is 20.9 Å². The Kier molecular flexibility index (Phi) is 2.64. The second-order valence-corrected chi connectivity index (χ2v) is 5.31. The van der Waals surface area contributed by atoms with E-state index >= 15 is 0 Å². The third kappa shape index (κ3) is 2.09. The molecule has 0 aliphatic carbocycles. The van der Waals surface area contributed by atoms with Gasteiger partial charge in [-0.2, -0.15) is 13.2 Å². The molecule has 1 nitrogen and oxygen atoms in total. The van der Waals surface area contributed by atoms with Crippen molar-refractivity contribution in [3.63, 3.8) is 0 Å². The Labute approximate surface area is 101 Å². The minimum absolute atomic E-state index is 0.319. The Bertz CT molecular complexity index is 520. The Morgan fingerprint density at radius 2 is 2.00 bits per heavy atom. The molecule has 80 valence electrons. The summed E-state index contributed by atoms with van der Waals surface area (Å²) in [5, 5.41) is 0. The van der Waals surface area contributed by atoms with Gasteiger partial charge in [0.15, 0.2) is 0 Å². The highest BCUT2D eigenvalue weighted by atomic mass is 79.9. The molecular formula is C8H2BrF3NS2-. The van der Waals surface area contributed by atoms with Crippen LogP contribution in [0.3, 0.4) is 0 Å². The first-order chi connectivity index (χ1) is 6.88. The highest BCUT2D eigenvalue weighted by molar-refractivity contribution is 9.10. The van der Waals surface area contributed by atoms with E-state index in [0.717, 1.165) is 23.5 Å². The van der Waals surface area contributed by atoms with Crippen molar-refractivity contribution in [3.05, 3.63) is 22.2 Å². The van der Waals surface area contributed by atoms with Gasteiger partial charge in [0.2, 0.25) is 0 Å². The lowest BCUT2D eigenvalue weighted by Crippen LogP contribution is -2.04.